The number of hydrogen-bond acceptors (Lipinski definition) is 3. The summed E-state index contributed by atoms with van der Waals surface area (Å²) in [6.45, 7) is 5.17. The van der Waals surface area contributed by atoms with Crippen molar-refractivity contribution in [2.24, 2.45) is 5.41 Å². The highest BCUT2D eigenvalue weighted by Gasteiger charge is 2.39. The first-order chi connectivity index (χ1) is 10.3. The summed E-state index contributed by atoms with van der Waals surface area (Å²) >= 11 is 0. The van der Waals surface area contributed by atoms with Gasteiger partial charge in [0.25, 0.3) is 11.8 Å². The lowest BCUT2D eigenvalue weighted by molar-refractivity contribution is -0.148. The maximum atomic E-state index is 13.2. The lowest BCUT2D eigenvalue weighted by Crippen LogP contribution is -2.37. The molecule has 8 heteroatoms. The minimum absolute atomic E-state index is 0.0323. The standard InChI is InChI=1S/C15H25F4NO3/c1-5-13(2,3)12(22)20-8-6-11(21)23-9-7-15(18,19)10-14(4,16)17/h5-10H2,1-4H3,(H,20,22). The molecule has 0 spiro atoms. The van der Waals surface area contributed by atoms with Gasteiger partial charge in [-0.1, -0.05) is 20.8 Å². The number of esters is 1. The summed E-state index contributed by atoms with van der Waals surface area (Å²) in [5.74, 6) is -8.06. The molecule has 0 saturated heterocycles. The topological polar surface area (TPSA) is 55.4 Å². The fourth-order valence-electron chi connectivity index (χ4n) is 1.61. The molecule has 0 heterocycles. The number of alkyl halides is 4. The van der Waals surface area contributed by atoms with E-state index < -0.39 is 42.7 Å². The number of amides is 1. The summed E-state index contributed by atoms with van der Waals surface area (Å²) in [5, 5.41) is 2.56. The molecule has 23 heavy (non-hydrogen) atoms. The smallest absolute Gasteiger partial charge is 0.307 e. The summed E-state index contributed by atoms with van der Waals surface area (Å²) < 4.78 is 56.0. The first-order valence-corrected chi connectivity index (χ1v) is 7.49. The van der Waals surface area contributed by atoms with Crippen molar-refractivity contribution in [2.45, 2.75) is 65.2 Å². The lowest BCUT2D eigenvalue weighted by atomic mass is 9.89. The number of ether oxygens (including phenoxy) is 1. The molecule has 0 saturated carbocycles. The van der Waals surface area contributed by atoms with E-state index in [1.54, 1.807) is 13.8 Å². The van der Waals surface area contributed by atoms with Gasteiger partial charge in [0, 0.05) is 18.4 Å². The van der Waals surface area contributed by atoms with Crippen molar-refractivity contribution in [3.63, 3.8) is 0 Å². The molecule has 0 aromatic heterocycles. The van der Waals surface area contributed by atoms with E-state index in [0.29, 0.717) is 13.3 Å². The average molecular weight is 343 g/mol. The average Bonchev–Trinajstić information content (AvgIpc) is 2.35. The van der Waals surface area contributed by atoms with E-state index in [2.05, 4.69) is 10.1 Å². The minimum atomic E-state index is -3.60. The number of carbonyl (C=O) groups is 2. The molecule has 0 aliphatic heterocycles. The molecule has 0 rings (SSSR count). The van der Waals surface area contributed by atoms with Crippen LogP contribution >= 0.6 is 0 Å². The normalized spacial score (nSPS) is 12.9. The summed E-state index contributed by atoms with van der Waals surface area (Å²) in [4.78, 5) is 23.1. The van der Waals surface area contributed by atoms with E-state index in [1.165, 1.54) is 0 Å². The third-order valence-corrected chi connectivity index (χ3v) is 3.41. The van der Waals surface area contributed by atoms with E-state index in [0.717, 1.165) is 0 Å². The zero-order valence-electron chi connectivity index (χ0n) is 14.0. The van der Waals surface area contributed by atoms with Crippen LogP contribution in [-0.4, -0.2) is 36.9 Å². The second-order valence-electron chi connectivity index (χ2n) is 6.32. The zero-order chi connectivity index (χ0) is 18.3. The van der Waals surface area contributed by atoms with Crippen LogP contribution in [0.25, 0.3) is 0 Å². The number of nitrogens with one attached hydrogen (secondary N) is 1. The van der Waals surface area contributed by atoms with Crippen molar-refractivity contribution < 1.29 is 31.9 Å². The summed E-state index contributed by atoms with van der Waals surface area (Å²) in [6.07, 6.45) is -2.08. The molecular weight excluding hydrogens is 318 g/mol. The maximum Gasteiger partial charge on any atom is 0.307 e. The lowest BCUT2D eigenvalue weighted by Gasteiger charge is -2.21. The number of hydrogen-bond donors (Lipinski definition) is 1. The van der Waals surface area contributed by atoms with Gasteiger partial charge in [0.05, 0.1) is 19.4 Å². The first-order valence-electron chi connectivity index (χ1n) is 7.49. The van der Waals surface area contributed by atoms with Crippen molar-refractivity contribution in [3.8, 4) is 0 Å². The predicted octanol–water partition coefficient (Wildman–Crippen LogP) is 3.54. The van der Waals surface area contributed by atoms with Crippen LogP contribution in [0.4, 0.5) is 17.6 Å². The van der Waals surface area contributed by atoms with Gasteiger partial charge in [0.15, 0.2) is 0 Å². The quantitative estimate of drug-likeness (QED) is 0.488. The SMILES string of the molecule is CCC(C)(C)C(=O)NCCC(=O)OCCC(F)(F)CC(C)(F)F. The van der Waals surface area contributed by atoms with Gasteiger partial charge in [-0.2, -0.15) is 0 Å². The molecule has 136 valence electrons. The van der Waals surface area contributed by atoms with Crippen LogP contribution in [-0.2, 0) is 14.3 Å². The highest BCUT2D eigenvalue weighted by molar-refractivity contribution is 5.82. The van der Waals surface area contributed by atoms with Gasteiger partial charge in [0.1, 0.15) is 0 Å². The van der Waals surface area contributed by atoms with E-state index in [4.69, 9.17) is 0 Å². The van der Waals surface area contributed by atoms with Gasteiger partial charge in [-0.05, 0) is 13.3 Å². The second-order valence-corrected chi connectivity index (χ2v) is 6.32. The van der Waals surface area contributed by atoms with E-state index in [9.17, 15) is 27.2 Å². The Labute approximate surface area is 133 Å². The van der Waals surface area contributed by atoms with Gasteiger partial charge in [-0.25, -0.2) is 17.6 Å². The van der Waals surface area contributed by atoms with Crippen LogP contribution < -0.4 is 5.32 Å². The fraction of sp³-hybridized carbons (Fsp3) is 0.867. The number of carbonyl (C=O) groups excluding carboxylic acids is 2. The van der Waals surface area contributed by atoms with Crippen LogP contribution in [0.2, 0.25) is 0 Å². The molecule has 0 aliphatic rings. The minimum Gasteiger partial charge on any atom is -0.465 e. The van der Waals surface area contributed by atoms with Crippen LogP contribution in [0.5, 0.6) is 0 Å². The van der Waals surface area contributed by atoms with Crippen molar-refractivity contribution in [1.82, 2.24) is 5.32 Å². The largest absolute Gasteiger partial charge is 0.465 e. The van der Waals surface area contributed by atoms with Crippen molar-refractivity contribution in [3.05, 3.63) is 0 Å². The Morgan fingerprint density at radius 3 is 2.13 bits per heavy atom. The zero-order valence-corrected chi connectivity index (χ0v) is 14.0. The van der Waals surface area contributed by atoms with Crippen molar-refractivity contribution in [2.75, 3.05) is 13.2 Å². The molecule has 1 amide bonds. The molecule has 0 aliphatic carbocycles. The highest BCUT2D eigenvalue weighted by Crippen LogP contribution is 2.32. The third kappa shape index (κ3) is 10.1. The van der Waals surface area contributed by atoms with Gasteiger partial charge in [0.2, 0.25) is 5.91 Å². The summed E-state index contributed by atoms with van der Waals surface area (Å²) in [6, 6.07) is 0. The van der Waals surface area contributed by atoms with E-state index in [1.807, 2.05) is 6.92 Å². The molecular formula is C15H25F4NO3. The molecule has 0 radical (unpaired) electrons. The molecule has 0 unspecified atom stereocenters. The monoisotopic (exact) mass is 343 g/mol. The van der Waals surface area contributed by atoms with Gasteiger partial charge >= 0.3 is 5.97 Å². The Morgan fingerprint density at radius 2 is 1.65 bits per heavy atom. The van der Waals surface area contributed by atoms with E-state index in [-0.39, 0.29) is 18.9 Å². The molecule has 0 bridgehead atoms. The molecule has 1 N–H and O–H groups in total. The molecule has 0 atom stereocenters. The van der Waals surface area contributed by atoms with Gasteiger partial charge < -0.3 is 10.1 Å². The Morgan fingerprint density at radius 1 is 1.09 bits per heavy atom. The number of halogens is 4. The van der Waals surface area contributed by atoms with Crippen LogP contribution in [0.3, 0.4) is 0 Å². The first kappa shape index (κ1) is 21.7. The van der Waals surface area contributed by atoms with Crippen LogP contribution in [0, 0.1) is 5.41 Å². The second kappa shape index (κ2) is 8.49. The third-order valence-electron chi connectivity index (χ3n) is 3.41. The Hall–Kier alpha value is -1.34. The predicted molar refractivity (Wildman–Crippen MR) is 77.5 cm³/mol. The van der Waals surface area contributed by atoms with Gasteiger partial charge in [-0.15, -0.1) is 0 Å². The summed E-state index contributed by atoms with van der Waals surface area (Å²) in [7, 11) is 0. The van der Waals surface area contributed by atoms with Crippen LogP contribution in [0.15, 0.2) is 0 Å². The molecule has 0 fully saturated rings. The highest BCUT2D eigenvalue weighted by atomic mass is 19.3. The maximum absolute atomic E-state index is 13.2. The Balaban J connectivity index is 3.99. The van der Waals surface area contributed by atoms with Crippen molar-refractivity contribution >= 4 is 11.9 Å². The molecule has 0 aromatic carbocycles. The summed E-state index contributed by atoms with van der Waals surface area (Å²) in [5.41, 5.74) is -0.558. The Bertz CT molecular complexity index is 406. The molecule has 4 nitrogen and oxygen atoms in total. The fourth-order valence-corrected chi connectivity index (χ4v) is 1.61. The van der Waals surface area contributed by atoms with Crippen LogP contribution in [0.1, 0.15) is 53.4 Å². The van der Waals surface area contributed by atoms with E-state index >= 15 is 0 Å². The van der Waals surface area contributed by atoms with Crippen molar-refractivity contribution in [1.29, 1.82) is 0 Å². The number of rotatable bonds is 10. The molecule has 0 aromatic rings. The van der Waals surface area contributed by atoms with Gasteiger partial charge in [-0.3, -0.25) is 9.59 Å². The Kier molecular flexibility index (Phi) is 8.00.